The summed E-state index contributed by atoms with van der Waals surface area (Å²) in [7, 11) is 0. The average Bonchev–Trinajstić information content (AvgIpc) is 3.16. The number of fused-ring (bicyclic) bond motifs is 5. The second kappa shape index (κ2) is 5.84. The molecule has 0 aromatic carbocycles. The predicted molar refractivity (Wildman–Crippen MR) is 105 cm³/mol. The van der Waals surface area contributed by atoms with E-state index in [0.29, 0.717) is 28.8 Å². The van der Waals surface area contributed by atoms with Gasteiger partial charge in [0.2, 0.25) is 0 Å². The first-order chi connectivity index (χ1) is 12.8. The first kappa shape index (κ1) is 18.2. The van der Waals surface area contributed by atoms with Gasteiger partial charge in [0.05, 0.1) is 6.10 Å². The van der Waals surface area contributed by atoms with E-state index in [9.17, 15) is 9.90 Å². The maximum Gasteiger partial charge on any atom is 0.331 e. The second-order valence-corrected chi connectivity index (χ2v) is 11.2. The lowest BCUT2D eigenvalue weighted by atomic mass is 9.40. The smallest absolute Gasteiger partial charge is 0.331 e. The van der Waals surface area contributed by atoms with E-state index in [4.69, 9.17) is 4.74 Å². The van der Waals surface area contributed by atoms with E-state index in [2.05, 4.69) is 20.8 Å². The maximum absolute atomic E-state index is 11.7. The van der Waals surface area contributed by atoms with Gasteiger partial charge in [-0.15, -0.1) is 0 Å². The van der Waals surface area contributed by atoms with Crippen LogP contribution in [0.5, 0.6) is 0 Å². The molecule has 1 aliphatic heterocycles. The number of aliphatic hydroxyl groups is 1. The van der Waals surface area contributed by atoms with Gasteiger partial charge in [-0.05, 0) is 103 Å². The topological polar surface area (TPSA) is 46.5 Å². The molecular weight excluding hydrogens is 336 g/mol. The molecule has 1 N–H and O–H groups in total. The molecule has 150 valence electrons. The number of hydrogen-bond donors (Lipinski definition) is 1. The summed E-state index contributed by atoms with van der Waals surface area (Å²) in [6.45, 7) is 8.21. The van der Waals surface area contributed by atoms with Gasteiger partial charge in [-0.1, -0.05) is 20.8 Å². The molecule has 0 amide bonds. The molecule has 3 unspecified atom stereocenters. The summed E-state index contributed by atoms with van der Waals surface area (Å²) in [4.78, 5) is 11.7. The van der Waals surface area contributed by atoms with Gasteiger partial charge in [0.15, 0.2) is 0 Å². The molecule has 4 fully saturated rings. The Morgan fingerprint density at radius 2 is 1.74 bits per heavy atom. The van der Waals surface area contributed by atoms with Crippen molar-refractivity contribution in [3.05, 3.63) is 11.6 Å². The Bertz CT molecular complexity index is 683. The fraction of sp³-hybridized carbons (Fsp3) is 0.875. The minimum absolute atomic E-state index is 0.0632. The van der Waals surface area contributed by atoms with Crippen molar-refractivity contribution in [3.8, 4) is 0 Å². The highest BCUT2D eigenvalue weighted by molar-refractivity contribution is 5.85. The van der Waals surface area contributed by atoms with E-state index in [1.54, 1.807) is 6.08 Å². The number of hydrogen-bond acceptors (Lipinski definition) is 3. The van der Waals surface area contributed by atoms with Crippen LogP contribution < -0.4 is 0 Å². The first-order valence-electron chi connectivity index (χ1n) is 11.3. The van der Waals surface area contributed by atoms with E-state index in [1.165, 1.54) is 50.5 Å². The van der Waals surface area contributed by atoms with Crippen molar-refractivity contribution < 1.29 is 14.6 Å². The minimum Gasteiger partial charge on any atom is -0.458 e. The number of cyclic esters (lactones) is 1. The highest BCUT2D eigenvalue weighted by Crippen LogP contribution is 2.73. The monoisotopic (exact) mass is 372 g/mol. The zero-order valence-electron chi connectivity index (χ0n) is 17.3. The zero-order chi connectivity index (χ0) is 19.0. The van der Waals surface area contributed by atoms with E-state index < -0.39 is 0 Å². The lowest BCUT2D eigenvalue weighted by Crippen LogP contribution is -2.57. The second-order valence-electron chi connectivity index (χ2n) is 11.2. The summed E-state index contributed by atoms with van der Waals surface area (Å²) >= 11 is 0. The van der Waals surface area contributed by atoms with Gasteiger partial charge in [0, 0.05) is 6.08 Å². The molecule has 0 radical (unpaired) electrons. The molecule has 4 saturated carbocycles. The Hall–Kier alpha value is -0.830. The van der Waals surface area contributed by atoms with Gasteiger partial charge in [0.1, 0.15) is 6.61 Å². The van der Waals surface area contributed by atoms with E-state index in [0.717, 1.165) is 30.6 Å². The number of carbonyl (C=O) groups is 1. The van der Waals surface area contributed by atoms with Gasteiger partial charge in [-0.2, -0.15) is 0 Å². The molecule has 1 heterocycles. The Balaban J connectivity index is 1.47. The van der Waals surface area contributed by atoms with Crippen molar-refractivity contribution in [1.82, 2.24) is 0 Å². The van der Waals surface area contributed by atoms with Crippen molar-refractivity contribution in [1.29, 1.82) is 0 Å². The fourth-order valence-electron chi connectivity index (χ4n) is 8.82. The van der Waals surface area contributed by atoms with Gasteiger partial charge >= 0.3 is 5.97 Å². The summed E-state index contributed by atoms with van der Waals surface area (Å²) in [5, 5.41) is 10.2. The molecular formula is C24H36O3. The van der Waals surface area contributed by atoms with Crippen LogP contribution in [0.2, 0.25) is 0 Å². The number of aliphatic hydroxyl groups excluding tert-OH is 1. The molecule has 0 aromatic rings. The number of esters is 1. The quantitative estimate of drug-likeness (QED) is 0.667. The van der Waals surface area contributed by atoms with Crippen molar-refractivity contribution in [2.45, 2.75) is 84.7 Å². The molecule has 0 bridgehead atoms. The minimum atomic E-state index is -0.135. The third-order valence-electron chi connectivity index (χ3n) is 10.6. The Labute approximate surface area is 163 Å². The maximum atomic E-state index is 11.7. The molecule has 8 atom stereocenters. The van der Waals surface area contributed by atoms with Gasteiger partial charge in [0.25, 0.3) is 0 Å². The van der Waals surface area contributed by atoms with Crippen molar-refractivity contribution in [2.75, 3.05) is 6.61 Å². The van der Waals surface area contributed by atoms with Crippen LogP contribution in [0, 0.1) is 39.9 Å². The van der Waals surface area contributed by atoms with E-state index >= 15 is 0 Å². The van der Waals surface area contributed by atoms with E-state index in [-0.39, 0.29) is 12.1 Å². The highest BCUT2D eigenvalue weighted by Gasteiger charge is 2.65. The van der Waals surface area contributed by atoms with Crippen LogP contribution in [-0.2, 0) is 9.53 Å². The lowest BCUT2D eigenvalue weighted by Gasteiger charge is -2.64. The lowest BCUT2D eigenvalue weighted by molar-refractivity contribution is -0.160. The van der Waals surface area contributed by atoms with Crippen LogP contribution in [0.1, 0.15) is 78.6 Å². The van der Waals surface area contributed by atoms with Crippen LogP contribution in [0.3, 0.4) is 0 Å². The SMILES string of the molecule is C[C@]12CC[C@H](O)CC1CCC1C2CC[C@]2(C)[C@@H](C3=CC(=O)OC3)CC[C@]12C. The Morgan fingerprint density at radius 3 is 2.48 bits per heavy atom. The summed E-state index contributed by atoms with van der Waals surface area (Å²) < 4.78 is 5.28. The molecule has 3 heteroatoms. The van der Waals surface area contributed by atoms with Crippen LogP contribution in [0.15, 0.2) is 11.6 Å². The third kappa shape index (κ3) is 2.33. The zero-order valence-corrected chi connectivity index (χ0v) is 17.3. The van der Waals surface area contributed by atoms with Crippen molar-refractivity contribution in [2.24, 2.45) is 39.9 Å². The molecule has 5 rings (SSSR count). The Kier molecular flexibility index (Phi) is 3.94. The largest absolute Gasteiger partial charge is 0.458 e. The summed E-state index contributed by atoms with van der Waals surface area (Å²) in [6.07, 6.45) is 12.7. The molecule has 4 aliphatic carbocycles. The molecule has 27 heavy (non-hydrogen) atoms. The summed E-state index contributed by atoms with van der Waals surface area (Å²) in [6, 6.07) is 0. The summed E-state index contributed by atoms with van der Waals surface area (Å²) in [5.74, 6) is 2.72. The summed E-state index contributed by atoms with van der Waals surface area (Å²) in [5.41, 5.74) is 2.36. The van der Waals surface area contributed by atoms with Crippen molar-refractivity contribution >= 4 is 5.97 Å². The average molecular weight is 373 g/mol. The molecule has 5 aliphatic rings. The predicted octanol–water partition coefficient (Wildman–Crippen LogP) is 4.88. The normalized spacial score (nSPS) is 54.6. The standard InChI is InChI=1S/C24H36O3/c1-22-9-6-17(25)13-16(22)4-5-20-19(22)8-11-23(2)18(7-10-24(20,23)3)15-12-21(26)27-14-15/h12,16-20,25H,4-11,13-14H2,1-3H3/t16?,17-,18+,19?,20?,22-,23+,24+/m0/s1. The van der Waals surface area contributed by atoms with Crippen LogP contribution in [0.4, 0.5) is 0 Å². The fourth-order valence-corrected chi connectivity index (χ4v) is 8.82. The first-order valence-corrected chi connectivity index (χ1v) is 11.3. The number of carbonyl (C=O) groups excluding carboxylic acids is 1. The number of ether oxygens (including phenoxy) is 1. The van der Waals surface area contributed by atoms with Crippen LogP contribution >= 0.6 is 0 Å². The van der Waals surface area contributed by atoms with Crippen LogP contribution in [0.25, 0.3) is 0 Å². The Morgan fingerprint density at radius 1 is 0.963 bits per heavy atom. The molecule has 3 nitrogen and oxygen atoms in total. The van der Waals surface area contributed by atoms with Gasteiger partial charge in [-0.25, -0.2) is 4.79 Å². The van der Waals surface area contributed by atoms with Gasteiger partial charge < -0.3 is 9.84 Å². The molecule has 0 aromatic heterocycles. The number of rotatable bonds is 1. The van der Waals surface area contributed by atoms with Crippen LogP contribution in [-0.4, -0.2) is 23.8 Å². The third-order valence-corrected chi connectivity index (χ3v) is 10.6. The molecule has 0 spiro atoms. The highest BCUT2D eigenvalue weighted by atomic mass is 16.5. The van der Waals surface area contributed by atoms with Crippen molar-refractivity contribution in [3.63, 3.8) is 0 Å². The van der Waals surface area contributed by atoms with Gasteiger partial charge in [-0.3, -0.25) is 0 Å². The van der Waals surface area contributed by atoms with E-state index in [1.807, 2.05) is 0 Å². The molecule has 0 saturated heterocycles.